The predicted octanol–water partition coefficient (Wildman–Crippen LogP) is 18.7. The lowest BCUT2D eigenvalue weighted by atomic mass is 9.87. The van der Waals surface area contributed by atoms with Crippen LogP contribution in [0.25, 0.3) is 133 Å². The topological polar surface area (TPSA) is 75.7 Å². The number of nitrogens with zero attached hydrogens (tertiary/aromatic N) is 6. The van der Waals surface area contributed by atoms with E-state index >= 15 is 4.57 Å². The van der Waals surface area contributed by atoms with E-state index in [0.717, 1.165) is 93.9 Å². The molecule has 5 heterocycles. The van der Waals surface area contributed by atoms with Crippen molar-refractivity contribution in [3.63, 3.8) is 0 Å². The Kier molecular flexibility index (Phi) is 11.3. The van der Waals surface area contributed by atoms with Crippen molar-refractivity contribution in [2.75, 3.05) is 0 Å². The molecule has 0 aliphatic rings. The number of aromatic nitrogens is 6. The smallest absolute Gasteiger partial charge is 0.248 e. The fourth-order valence-electron chi connectivity index (χ4n) is 13.7. The van der Waals surface area contributed by atoms with E-state index in [1.54, 1.807) is 0 Å². The van der Waals surface area contributed by atoms with Crippen molar-refractivity contribution in [1.29, 1.82) is 0 Å². The second kappa shape index (κ2) is 19.4. The minimum Gasteiger partial charge on any atom is -0.416 e. The van der Waals surface area contributed by atoms with Crippen molar-refractivity contribution < 1.29 is 8.98 Å². The summed E-state index contributed by atoms with van der Waals surface area (Å²) in [6.45, 7) is 6.64. The Bertz CT molecular complexity index is 5570. The summed E-state index contributed by atoms with van der Waals surface area (Å²) in [6.07, 6.45) is 0. The normalized spacial score (nSPS) is 12.4. The molecular weight excluding hydrogens is 1080 g/mol. The van der Waals surface area contributed by atoms with Gasteiger partial charge >= 0.3 is 0 Å². The molecule has 0 radical (unpaired) electrons. The Morgan fingerprint density at radius 3 is 1.07 bits per heavy atom. The second-order valence-electron chi connectivity index (χ2n) is 23.7. The van der Waals surface area contributed by atoms with Crippen LogP contribution in [0.4, 0.5) is 0 Å². The molecule has 0 saturated carbocycles. The first-order valence-corrected chi connectivity index (χ1v) is 31.3. The van der Waals surface area contributed by atoms with Gasteiger partial charge in [-0.2, -0.15) is 0 Å². The van der Waals surface area contributed by atoms with Gasteiger partial charge in [-0.05, 0) is 132 Å². The van der Waals surface area contributed by atoms with E-state index in [2.05, 4.69) is 268 Å². The first-order valence-electron chi connectivity index (χ1n) is 29.6. The summed E-state index contributed by atoms with van der Waals surface area (Å²) in [4.78, 5) is 0. The lowest BCUT2D eigenvalue weighted by molar-refractivity contribution is 0.582. The van der Waals surface area contributed by atoms with Crippen LogP contribution < -0.4 is 15.9 Å². The number of benzene rings is 12. The van der Waals surface area contributed by atoms with Gasteiger partial charge in [0.15, 0.2) is 7.14 Å². The molecule has 0 amide bonds. The Labute approximate surface area is 501 Å². The van der Waals surface area contributed by atoms with Crippen molar-refractivity contribution >= 4 is 110 Å². The molecule has 0 N–H and O–H groups in total. The van der Waals surface area contributed by atoms with Gasteiger partial charge in [0.2, 0.25) is 11.8 Å². The van der Waals surface area contributed by atoms with Crippen LogP contribution in [-0.4, -0.2) is 28.5 Å². The van der Waals surface area contributed by atoms with Crippen LogP contribution in [0.15, 0.2) is 283 Å². The molecule has 414 valence electrons. The van der Waals surface area contributed by atoms with Gasteiger partial charge in [-0.15, -0.1) is 10.2 Å². The summed E-state index contributed by atoms with van der Waals surface area (Å²) in [5.41, 5.74) is 16.2. The lowest BCUT2D eigenvalue weighted by Crippen LogP contribution is -2.24. The van der Waals surface area contributed by atoms with Crippen molar-refractivity contribution in [1.82, 2.24) is 28.5 Å². The Hall–Kier alpha value is -10.8. The van der Waals surface area contributed by atoms with E-state index in [-0.39, 0.29) is 5.41 Å². The number of hydrogen-bond donors (Lipinski definition) is 0. The van der Waals surface area contributed by atoms with Gasteiger partial charge in [-0.3, -0.25) is 0 Å². The highest BCUT2D eigenvalue weighted by Gasteiger charge is 2.30. The zero-order valence-electron chi connectivity index (χ0n) is 48.0. The Morgan fingerprint density at radius 1 is 0.310 bits per heavy atom. The third-order valence-electron chi connectivity index (χ3n) is 17.8. The Morgan fingerprint density at radius 2 is 0.644 bits per heavy atom. The molecule has 0 bridgehead atoms. The van der Waals surface area contributed by atoms with Crippen LogP contribution in [0, 0.1) is 0 Å². The van der Waals surface area contributed by atoms with Crippen LogP contribution in [-0.2, 0) is 9.98 Å². The molecule has 8 nitrogen and oxygen atoms in total. The van der Waals surface area contributed by atoms with E-state index in [1.165, 1.54) is 48.7 Å². The molecule has 87 heavy (non-hydrogen) atoms. The van der Waals surface area contributed by atoms with Crippen molar-refractivity contribution in [3.05, 3.63) is 285 Å². The van der Waals surface area contributed by atoms with Crippen molar-refractivity contribution in [2.24, 2.45) is 0 Å². The largest absolute Gasteiger partial charge is 0.416 e. The lowest BCUT2D eigenvalue weighted by Gasteiger charge is -2.20. The van der Waals surface area contributed by atoms with Gasteiger partial charge in [0.1, 0.15) is 0 Å². The van der Waals surface area contributed by atoms with Gasteiger partial charge in [0.05, 0.1) is 44.1 Å². The van der Waals surface area contributed by atoms with Crippen LogP contribution in [0.3, 0.4) is 0 Å². The fourth-order valence-corrected chi connectivity index (χ4v) is 16.4. The minimum atomic E-state index is -3.19. The first-order chi connectivity index (χ1) is 42.7. The van der Waals surface area contributed by atoms with Gasteiger partial charge in [-0.25, -0.2) is 0 Å². The monoisotopic (exact) mass is 1140 g/mol. The summed E-state index contributed by atoms with van der Waals surface area (Å²) in [5, 5.41) is 20.8. The Balaban J connectivity index is 0.782. The highest BCUT2D eigenvalue weighted by Crippen LogP contribution is 2.46. The summed E-state index contributed by atoms with van der Waals surface area (Å²) in [7, 11) is -3.19. The van der Waals surface area contributed by atoms with E-state index in [9.17, 15) is 0 Å². The van der Waals surface area contributed by atoms with E-state index in [1.807, 2.05) is 60.7 Å². The van der Waals surface area contributed by atoms with Crippen LogP contribution >= 0.6 is 7.14 Å². The zero-order valence-corrected chi connectivity index (χ0v) is 48.9. The van der Waals surface area contributed by atoms with E-state index in [4.69, 9.17) is 4.42 Å². The molecule has 5 aromatic heterocycles. The quantitative estimate of drug-likeness (QED) is 0.135. The molecule has 9 heteroatoms. The molecule has 17 rings (SSSR count). The molecule has 0 fully saturated rings. The van der Waals surface area contributed by atoms with E-state index in [0.29, 0.717) is 11.8 Å². The molecule has 0 aliphatic carbocycles. The molecule has 0 unspecified atom stereocenters. The molecule has 0 aliphatic heterocycles. The number of para-hydroxylation sites is 4. The average Bonchev–Trinajstić information content (AvgIpc) is 1.61. The molecule has 12 aromatic carbocycles. The van der Waals surface area contributed by atoms with Gasteiger partial charge in [0, 0.05) is 92.9 Å². The third-order valence-corrected chi connectivity index (χ3v) is 20.9. The van der Waals surface area contributed by atoms with Crippen molar-refractivity contribution in [2.45, 2.75) is 26.2 Å². The summed E-state index contributed by atoms with van der Waals surface area (Å²) in [5.74, 6) is 0.974. The summed E-state index contributed by atoms with van der Waals surface area (Å²) < 4.78 is 31.5. The molecular formula is C78H55N6O2P. The van der Waals surface area contributed by atoms with Crippen molar-refractivity contribution in [3.8, 4) is 45.7 Å². The minimum absolute atomic E-state index is 0.0491. The zero-order chi connectivity index (χ0) is 58.1. The van der Waals surface area contributed by atoms with Gasteiger partial charge < -0.3 is 27.3 Å². The highest BCUT2D eigenvalue weighted by atomic mass is 31.2. The fraction of sp³-hybridized carbons (Fsp3) is 0.0513. The average molecular weight is 1140 g/mol. The SMILES string of the molecule is CC(C)(C)c1ccc(-c2nnc(-c3ccc(-n4c5ccccc5c5ccc6c(c7ccccc7n6-c6ccc(-n7c8ccccc8c8c7ccc7c9ccccc9n(-c9ccc(P(=O)(c%10ccccc%10)c%10ccccc%10)cc9)c78)cc6)c54)cc3)o2)cc1. The molecule has 0 atom stereocenters. The van der Waals surface area contributed by atoms with Gasteiger partial charge in [-0.1, -0.05) is 178 Å². The van der Waals surface area contributed by atoms with Crippen LogP contribution in [0.1, 0.15) is 26.3 Å². The summed E-state index contributed by atoms with van der Waals surface area (Å²) in [6, 6.07) is 98.3. The maximum absolute atomic E-state index is 15.5. The number of rotatable bonds is 9. The maximum atomic E-state index is 15.5. The molecule has 0 spiro atoms. The van der Waals surface area contributed by atoms with Gasteiger partial charge in [0.25, 0.3) is 0 Å². The second-order valence-corrected chi connectivity index (χ2v) is 26.5. The molecule has 17 aromatic rings. The third kappa shape index (κ3) is 7.74. The van der Waals surface area contributed by atoms with Crippen LogP contribution in [0.2, 0.25) is 0 Å². The van der Waals surface area contributed by atoms with Crippen LogP contribution in [0.5, 0.6) is 0 Å². The van der Waals surface area contributed by atoms with E-state index < -0.39 is 7.14 Å². The number of hydrogen-bond acceptors (Lipinski definition) is 4. The summed E-state index contributed by atoms with van der Waals surface area (Å²) >= 11 is 0. The standard InChI is InChI=1S/C78H55N6O2P/c1-78(2,3)52-34-30-50(31-35-52)76-79-80-77(86-76)51-32-36-55(37-33-51)83-66-26-14-10-22-60(66)62-46-48-70-72(74(62)83)64-24-12-16-28-68(64)81(70)53-38-40-54(41-39-53)82-69-29-17-13-25-65(69)73-71(82)49-47-63-61-23-11-15-27-67(61)84(75(63)73)56-42-44-59(45-43-56)87(85,57-18-6-4-7-19-57)58-20-8-5-9-21-58/h4-49H,1-3H3. The number of fused-ring (bicyclic) bond motifs is 14. The maximum Gasteiger partial charge on any atom is 0.248 e. The highest BCUT2D eigenvalue weighted by molar-refractivity contribution is 7.85. The molecule has 0 saturated heterocycles. The first kappa shape index (κ1) is 50.7. The predicted molar refractivity (Wildman–Crippen MR) is 361 cm³/mol.